The number of fused-ring (bicyclic) bond motifs is 4. The van der Waals surface area contributed by atoms with Crippen LogP contribution in [0.2, 0.25) is 5.82 Å². The van der Waals surface area contributed by atoms with Gasteiger partial charge in [0.1, 0.15) is 0 Å². The van der Waals surface area contributed by atoms with E-state index in [1.165, 1.54) is 59.6 Å². The molecular formula is C32H23B. The van der Waals surface area contributed by atoms with E-state index in [-0.39, 0.29) is 0 Å². The van der Waals surface area contributed by atoms with Crippen LogP contribution in [0.15, 0.2) is 121 Å². The van der Waals surface area contributed by atoms with Gasteiger partial charge in [0.15, 0.2) is 0 Å². The SMILES string of the molecule is C=C1CC1B(c1cccc2cc3ccccc3cc12)c1cccc2cc3ccccc3cc12. The molecule has 1 saturated carbocycles. The van der Waals surface area contributed by atoms with Crippen molar-refractivity contribution in [1.29, 1.82) is 0 Å². The maximum Gasteiger partial charge on any atom is 0.218 e. The highest BCUT2D eigenvalue weighted by Gasteiger charge is 2.41. The summed E-state index contributed by atoms with van der Waals surface area (Å²) < 4.78 is 0. The predicted octanol–water partition coefficient (Wildman–Crippen LogP) is 7.24. The minimum atomic E-state index is 0.312. The van der Waals surface area contributed by atoms with Crippen LogP contribution in [-0.2, 0) is 0 Å². The fraction of sp³-hybridized carbons (Fsp3) is 0.0625. The zero-order valence-corrected chi connectivity index (χ0v) is 18.5. The molecule has 1 aliphatic carbocycles. The molecule has 1 heteroatoms. The third-order valence-electron chi connectivity index (χ3n) is 7.48. The summed E-state index contributed by atoms with van der Waals surface area (Å²) in [6.07, 6.45) is 1.11. The van der Waals surface area contributed by atoms with Crippen LogP contribution in [0.3, 0.4) is 0 Å². The Hall–Kier alpha value is -3.84. The van der Waals surface area contributed by atoms with Crippen LogP contribution in [0, 0.1) is 0 Å². The molecule has 0 N–H and O–H groups in total. The van der Waals surface area contributed by atoms with Crippen molar-refractivity contribution in [1.82, 2.24) is 0 Å². The van der Waals surface area contributed by atoms with Crippen molar-refractivity contribution < 1.29 is 0 Å². The second-order valence-electron chi connectivity index (χ2n) is 9.48. The Kier molecular flexibility index (Phi) is 4.02. The van der Waals surface area contributed by atoms with Crippen LogP contribution < -0.4 is 10.9 Å². The van der Waals surface area contributed by atoms with E-state index in [0.29, 0.717) is 12.5 Å². The number of hydrogen-bond donors (Lipinski definition) is 0. The van der Waals surface area contributed by atoms with E-state index in [1.54, 1.807) is 0 Å². The largest absolute Gasteiger partial charge is 0.218 e. The highest BCUT2D eigenvalue weighted by atomic mass is 14.3. The van der Waals surface area contributed by atoms with Crippen LogP contribution in [0.5, 0.6) is 0 Å². The Morgan fingerprint density at radius 3 is 1.33 bits per heavy atom. The molecule has 7 rings (SSSR count). The standard InChI is InChI=1S/C32H23B/c1-21-16-32(21)33(30-14-6-12-26-17-22-8-2-4-10-24(22)19-28(26)30)31-15-7-13-27-18-23-9-3-5-11-25(23)20-29(27)31/h2-15,17-20,32H,1,16H2. The maximum absolute atomic E-state index is 4.38. The minimum Gasteiger partial charge on any atom is -0.100 e. The molecule has 33 heavy (non-hydrogen) atoms. The monoisotopic (exact) mass is 418 g/mol. The fourth-order valence-electron chi connectivity index (χ4n) is 5.70. The zero-order valence-electron chi connectivity index (χ0n) is 18.5. The van der Waals surface area contributed by atoms with Gasteiger partial charge in [-0.3, -0.25) is 0 Å². The first-order chi connectivity index (χ1) is 16.3. The van der Waals surface area contributed by atoms with Gasteiger partial charge < -0.3 is 0 Å². The molecule has 6 aromatic rings. The predicted molar refractivity (Wildman–Crippen MR) is 145 cm³/mol. The average Bonchev–Trinajstić information content (AvgIpc) is 3.57. The van der Waals surface area contributed by atoms with Gasteiger partial charge >= 0.3 is 0 Å². The highest BCUT2D eigenvalue weighted by molar-refractivity contribution is 6.90. The van der Waals surface area contributed by atoms with Crippen LogP contribution >= 0.6 is 0 Å². The second-order valence-corrected chi connectivity index (χ2v) is 9.48. The van der Waals surface area contributed by atoms with Crippen LogP contribution in [-0.4, -0.2) is 6.71 Å². The fourth-order valence-corrected chi connectivity index (χ4v) is 5.70. The van der Waals surface area contributed by atoms with E-state index in [9.17, 15) is 0 Å². The van der Waals surface area contributed by atoms with Gasteiger partial charge in [0.05, 0.1) is 0 Å². The molecule has 0 nitrogen and oxygen atoms in total. The number of rotatable bonds is 3. The molecule has 1 fully saturated rings. The van der Waals surface area contributed by atoms with Crippen molar-refractivity contribution in [2.24, 2.45) is 0 Å². The van der Waals surface area contributed by atoms with Crippen LogP contribution in [0.4, 0.5) is 0 Å². The van der Waals surface area contributed by atoms with Gasteiger partial charge in [0.25, 0.3) is 0 Å². The number of benzene rings is 6. The molecule has 0 aromatic heterocycles. The summed E-state index contributed by atoms with van der Waals surface area (Å²) in [5.74, 6) is 0.499. The summed E-state index contributed by atoms with van der Waals surface area (Å²) in [4.78, 5) is 0. The summed E-state index contributed by atoms with van der Waals surface area (Å²) in [7, 11) is 0. The molecule has 0 radical (unpaired) electrons. The summed E-state index contributed by atoms with van der Waals surface area (Å²) >= 11 is 0. The topological polar surface area (TPSA) is 0 Å². The first kappa shape index (κ1) is 18.7. The van der Waals surface area contributed by atoms with Crippen molar-refractivity contribution in [3.05, 3.63) is 121 Å². The van der Waals surface area contributed by atoms with Gasteiger partial charge in [0.2, 0.25) is 6.71 Å². The van der Waals surface area contributed by atoms with Crippen molar-refractivity contribution in [3.8, 4) is 0 Å². The maximum atomic E-state index is 4.38. The van der Waals surface area contributed by atoms with E-state index in [4.69, 9.17) is 0 Å². The van der Waals surface area contributed by atoms with Crippen molar-refractivity contribution >= 4 is 60.7 Å². The molecule has 0 aliphatic heterocycles. The second kappa shape index (κ2) is 7.08. The lowest BCUT2D eigenvalue weighted by molar-refractivity contribution is 1.44. The molecular weight excluding hydrogens is 395 g/mol. The molecule has 0 saturated heterocycles. The van der Waals surface area contributed by atoms with Crippen LogP contribution in [0.25, 0.3) is 43.1 Å². The molecule has 0 spiro atoms. The Balaban J connectivity index is 1.52. The van der Waals surface area contributed by atoms with E-state index >= 15 is 0 Å². The Bertz CT molecular complexity index is 1610. The van der Waals surface area contributed by atoms with Gasteiger partial charge in [-0.25, -0.2) is 0 Å². The summed E-state index contributed by atoms with van der Waals surface area (Å²) in [6.45, 7) is 4.69. The number of hydrogen-bond acceptors (Lipinski definition) is 0. The highest BCUT2D eigenvalue weighted by Crippen LogP contribution is 2.45. The molecule has 0 amide bonds. The van der Waals surface area contributed by atoms with Gasteiger partial charge in [-0.2, -0.15) is 0 Å². The van der Waals surface area contributed by atoms with Gasteiger partial charge in [-0.1, -0.05) is 101 Å². The van der Waals surface area contributed by atoms with E-state index in [0.717, 1.165) is 6.42 Å². The quantitative estimate of drug-likeness (QED) is 0.161. The zero-order chi connectivity index (χ0) is 21.9. The van der Waals surface area contributed by atoms with E-state index < -0.39 is 0 Å². The minimum absolute atomic E-state index is 0.312. The van der Waals surface area contributed by atoms with Crippen molar-refractivity contribution in [2.45, 2.75) is 12.2 Å². The molecule has 0 heterocycles. The first-order valence-electron chi connectivity index (χ1n) is 11.8. The molecule has 0 bridgehead atoms. The normalized spacial score (nSPS) is 15.5. The van der Waals surface area contributed by atoms with Gasteiger partial charge in [0, 0.05) is 0 Å². The lowest BCUT2D eigenvalue weighted by Gasteiger charge is -2.19. The Labute approximate surface area is 194 Å². The van der Waals surface area contributed by atoms with Crippen molar-refractivity contribution in [3.63, 3.8) is 0 Å². The lowest BCUT2D eigenvalue weighted by Crippen LogP contribution is -2.43. The smallest absolute Gasteiger partial charge is 0.100 e. The Morgan fingerprint density at radius 1 is 0.515 bits per heavy atom. The van der Waals surface area contributed by atoms with E-state index in [2.05, 4.69) is 116 Å². The van der Waals surface area contributed by atoms with Crippen LogP contribution in [0.1, 0.15) is 6.42 Å². The number of allylic oxidation sites excluding steroid dienone is 1. The third kappa shape index (κ3) is 3.00. The van der Waals surface area contributed by atoms with Gasteiger partial charge in [-0.05, 0) is 79.6 Å². The average molecular weight is 418 g/mol. The lowest BCUT2D eigenvalue weighted by atomic mass is 9.36. The van der Waals surface area contributed by atoms with Gasteiger partial charge in [-0.15, -0.1) is 6.58 Å². The Morgan fingerprint density at radius 2 is 0.909 bits per heavy atom. The molecule has 1 aliphatic rings. The summed E-state index contributed by atoms with van der Waals surface area (Å²) in [5.41, 5.74) is 4.21. The third-order valence-corrected chi connectivity index (χ3v) is 7.48. The first-order valence-corrected chi connectivity index (χ1v) is 11.8. The molecule has 1 unspecified atom stereocenters. The molecule has 6 aromatic carbocycles. The van der Waals surface area contributed by atoms with E-state index in [1.807, 2.05) is 0 Å². The van der Waals surface area contributed by atoms with Crippen molar-refractivity contribution in [2.75, 3.05) is 0 Å². The summed E-state index contributed by atoms with van der Waals surface area (Å²) in [5, 5.41) is 10.5. The molecule has 1 atom stereocenters. The molecule has 154 valence electrons. The summed E-state index contributed by atoms with van der Waals surface area (Å²) in [6, 6.07) is 40.4.